The third-order valence-electron chi connectivity index (χ3n) is 3.83. The highest BCUT2D eigenvalue weighted by atomic mass is 16.5. The van der Waals surface area contributed by atoms with Crippen molar-refractivity contribution in [2.24, 2.45) is 0 Å². The maximum atomic E-state index is 11.9. The third kappa shape index (κ3) is 2.89. The smallest absolute Gasteiger partial charge is 0.253 e. The highest BCUT2D eigenvalue weighted by Crippen LogP contribution is 2.22. The molecule has 102 valence electrons. The van der Waals surface area contributed by atoms with Gasteiger partial charge < -0.3 is 15.0 Å². The molecule has 2 heterocycles. The quantitative estimate of drug-likeness (QED) is 0.907. The molecular formula is C15H20N2O2. The number of carbonyl (C=O) groups is 1. The molecule has 1 amide bonds. The average molecular weight is 260 g/mol. The Balaban J connectivity index is 1.60. The van der Waals surface area contributed by atoms with E-state index < -0.39 is 0 Å². The predicted molar refractivity (Wildman–Crippen MR) is 75.5 cm³/mol. The van der Waals surface area contributed by atoms with Crippen LogP contribution < -0.4 is 10.2 Å². The Kier molecular flexibility index (Phi) is 3.69. The summed E-state index contributed by atoms with van der Waals surface area (Å²) >= 11 is 0. The zero-order valence-electron chi connectivity index (χ0n) is 11.1. The summed E-state index contributed by atoms with van der Waals surface area (Å²) in [6, 6.07) is 8.11. The Hall–Kier alpha value is -1.55. The molecule has 1 aromatic carbocycles. The first-order chi connectivity index (χ1) is 9.33. The number of hydrogen-bond donors (Lipinski definition) is 1. The maximum absolute atomic E-state index is 11.9. The first-order valence-corrected chi connectivity index (χ1v) is 7.10. The fraction of sp³-hybridized carbons (Fsp3) is 0.533. The molecule has 19 heavy (non-hydrogen) atoms. The molecular weight excluding hydrogens is 240 g/mol. The van der Waals surface area contributed by atoms with E-state index in [1.807, 2.05) is 12.1 Å². The molecule has 2 aliphatic rings. The monoisotopic (exact) mass is 260 g/mol. The Bertz CT molecular complexity index is 432. The fourth-order valence-electron chi connectivity index (χ4n) is 2.74. The van der Waals surface area contributed by atoms with Crippen molar-refractivity contribution in [3.8, 4) is 0 Å². The maximum Gasteiger partial charge on any atom is 0.253 e. The van der Waals surface area contributed by atoms with Crippen LogP contribution in [0.2, 0.25) is 0 Å². The minimum absolute atomic E-state index is 0.0218. The van der Waals surface area contributed by atoms with E-state index in [2.05, 4.69) is 22.3 Å². The summed E-state index contributed by atoms with van der Waals surface area (Å²) in [6.45, 7) is 2.98. The van der Waals surface area contributed by atoms with E-state index >= 15 is 0 Å². The number of rotatable bonds is 3. The summed E-state index contributed by atoms with van der Waals surface area (Å²) in [7, 11) is 0. The van der Waals surface area contributed by atoms with Crippen molar-refractivity contribution < 1.29 is 9.53 Å². The normalized spacial score (nSPS) is 22.7. The summed E-state index contributed by atoms with van der Waals surface area (Å²) in [5.41, 5.74) is 2.09. The standard InChI is InChI=1S/C15H20N2O2/c18-15(14-4-3-11-19-14)16-12-5-7-13(8-6-12)17-9-1-2-10-17/h5-8,14H,1-4,9-11H2,(H,16,18). The molecule has 3 rings (SSSR count). The number of amides is 1. The van der Waals surface area contributed by atoms with Gasteiger partial charge in [-0.15, -0.1) is 0 Å². The van der Waals surface area contributed by atoms with Crippen molar-refractivity contribution >= 4 is 17.3 Å². The van der Waals surface area contributed by atoms with E-state index in [0.29, 0.717) is 6.61 Å². The number of nitrogens with zero attached hydrogens (tertiary/aromatic N) is 1. The first kappa shape index (κ1) is 12.5. The molecule has 0 saturated carbocycles. The average Bonchev–Trinajstić information content (AvgIpc) is 3.13. The fourth-order valence-corrected chi connectivity index (χ4v) is 2.74. The molecule has 4 nitrogen and oxygen atoms in total. The molecule has 1 unspecified atom stereocenters. The zero-order chi connectivity index (χ0) is 13.1. The second-order valence-electron chi connectivity index (χ2n) is 5.23. The van der Waals surface area contributed by atoms with Crippen LogP contribution >= 0.6 is 0 Å². The predicted octanol–water partition coefficient (Wildman–Crippen LogP) is 2.40. The van der Waals surface area contributed by atoms with Gasteiger partial charge >= 0.3 is 0 Å². The largest absolute Gasteiger partial charge is 0.372 e. The highest BCUT2D eigenvalue weighted by molar-refractivity contribution is 5.94. The van der Waals surface area contributed by atoms with Gasteiger partial charge in [0.2, 0.25) is 0 Å². The molecule has 0 radical (unpaired) electrons. The van der Waals surface area contributed by atoms with E-state index in [1.165, 1.54) is 18.5 Å². The molecule has 2 aliphatic heterocycles. The first-order valence-electron chi connectivity index (χ1n) is 7.10. The van der Waals surface area contributed by atoms with Gasteiger partial charge in [-0.25, -0.2) is 0 Å². The van der Waals surface area contributed by atoms with Gasteiger partial charge in [0.25, 0.3) is 5.91 Å². The number of hydrogen-bond acceptors (Lipinski definition) is 3. The number of ether oxygens (including phenoxy) is 1. The zero-order valence-corrected chi connectivity index (χ0v) is 11.1. The number of nitrogens with one attached hydrogen (secondary N) is 1. The van der Waals surface area contributed by atoms with E-state index in [9.17, 15) is 4.79 Å². The lowest BCUT2D eigenvalue weighted by atomic mass is 10.2. The summed E-state index contributed by atoms with van der Waals surface area (Å²) in [6.07, 6.45) is 4.09. The van der Waals surface area contributed by atoms with Crippen molar-refractivity contribution in [3.63, 3.8) is 0 Å². The number of anilines is 2. The Morgan fingerprint density at radius 1 is 1.16 bits per heavy atom. The summed E-state index contributed by atoms with van der Waals surface area (Å²) in [4.78, 5) is 14.3. The van der Waals surface area contributed by atoms with Crippen molar-refractivity contribution in [3.05, 3.63) is 24.3 Å². The molecule has 0 aliphatic carbocycles. The Labute approximate surface area is 113 Å². The molecule has 2 saturated heterocycles. The Morgan fingerprint density at radius 3 is 2.53 bits per heavy atom. The van der Waals surface area contributed by atoms with Crippen LogP contribution in [-0.2, 0) is 9.53 Å². The van der Waals surface area contributed by atoms with Gasteiger partial charge in [0, 0.05) is 31.1 Å². The van der Waals surface area contributed by atoms with Crippen molar-refractivity contribution in [2.75, 3.05) is 29.9 Å². The van der Waals surface area contributed by atoms with Gasteiger partial charge in [-0.05, 0) is 49.9 Å². The van der Waals surface area contributed by atoms with Crippen LogP contribution in [0.5, 0.6) is 0 Å². The van der Waals surface area contributed by atoms with Crippen molar-refractivity contribution in [2.45, 2.75) is 31.8 Å². The van der Waals surface area contributed by atoms with Gasteiger partial charge in [-0.3, -0.25) is 4.79 Å². The molecule has 4 heteroatoms. The lowest BCUT2D eigenvalue weighted by Gasteiger charge is -2.18. The van der Waals surface area contributed by atoms with E-state index in [0.717, 1.165) is 31.6 Å². The van der Waals surface area contributed by atoms with Crippen LogP contribution in [-0.4, -0.2) is 31.7 Å². The van der Waals surface area contributed by atoms with E-state index in [4.69, 9.17) is 4.74 Å². The van der Waals surface area contributed by atoms with Crippen molar-refractivity contribution in [1.82, 2.24) is 0 Å². The number of benzene rings is 1. The van der Waals surface area contributed by atoms with Gasteiger partial charge in [0.1, 0.15) is 6.10 Å². The van der Waals surface area contributed by atoms with Crippen LogP contribution in [0.3, 0.4) is 0 Å². The lowest BCUT2D eigenvalue weighted by molar-refractivity contribution is -0.124. The minimum Gasteiger partial charge on any atom is -0.372 e. The second-order valence-corrected chi connectivity index (χ2v) is 5.23. The van der Waals surface area contributed by atoms with Crippen LogP contribution in [0.4, 0.5) is 11.4 Å². The Morgan fingerprint density at radius 2 is 1.89 bits per heavy atom. The molecule has 0 bridgehead atoms. The summed E-state index contributed by atoms with van der Waals surface area (Å²) < 4.78 is 5.37. The third-order valence-corrected chi connectivity index (χ3v) is 3.83. The van der Waals surface area contributed by atoms with Crippen LogP contribution in [0, 0.1) is 0 Å². The minimum atomic E-state index is -0.266. The van der Waals surface area contributed by atoms with Gasteiger partial charge in [-0.2, -0.15) is 0 Å². The van der Waals surface area contributed by atoms with Crippen LogP contribution in [0.1, 0.15) is 25.7 Å². The van der Waals surface area contributed by atoms with E-state index in [-0.39, 0.29) is 12.0 Å². The molecule has 1 N–H and O–H groups in total. The van der Waals surface area contributed by atoms with E-state index in [1.54, 1.807) is 0 Å². The lowest BCUT2D eigenvalue weighted by Crippen LogP contribution is -2.26. The highest BCUT2D eigenvalue weighted by Gasteiger charge is 2.23. The topological polar surface area (TPSA) is 41.6 Å². The molecule has 0 spiro atoms. The molecule has 0 aromatic heterocycles. The van der Waals surface area contributed by atoms with Gasteiger partial charge in [0.05, 0.1) is 0 Å². The molecule has 2 fully saturated rings. The van der Waals surface area contributed by atoms with Gasteiger partial charge in [0.15, 0.2) is 0 Å². The molecule has 1 atom stereocenters. The summed E-state index contributed by atoms with van der Waals surface area (Å²) in [5, 5.41) is 2.92. The number of carbonyl (C=O) groups excluding carboxylic acids is 1. The van der Waals surface area contributed by atoms with Crippen LogP contribution in [0.25, 0.3) is 0 Å². The van der Waals surface area contributed by atoms with Crippen LogP contribution in [0.15, 0.2) is 24.3 Å². The second kappa shape index (κ2) is 5.61. The van der Waals surface area contributed by atoms with Crippen molar-refractivity contribution in [1.29, 1.82) is 0 Å². The molecule has 1 aromatic rings. The summed E-state index contributed by atoms with van der Waals surface area (Å²) in [5.74, 6) is -0.0218. The SMILES string of the molecule is O=C(Nc1ccc(N2CCCC2)cc1)C1CCCO1. The van der Waals surface area contributed by atoms with Gasteiger partial charge in [-0.1, -0.05) is 0 Å².